The monoisotopic (exact) mass is 249 g/mol. The summed E-state index contributed by atoms with van der Waals surface area (Å²) in [7, 11) is 0. The molecule has 6 nitrogen and oxygen atoms in total. The summed E-state index contributed by atoms with van der Waals surface area (Å²) in [6, 6.07) is 3.49. The highest BCUT2D eigenvalue weighted by Crippen LogP contribution is 2.08. The third-order valence-corrected chi connectivity index (χ3v) is 2.44. The number of rotatable bonds is 5. The van der Waals surface area contributed by atoms with Crippen LogP contribution in [0.25, 0.3) is 0 Å². The Labute approximate surface area is 105 Å². The number of carbonyl (C=O) groups excluding carboxylic acids is 1. The zero-order chi connectivity index (χ0) is 13.0. The Hall–Kier alpha value is -2.11. The summed E-state index contributed by atoms with van der Waals surface area (Å²) in [6.07, 6.45) is 2.48. The Morgan fingerprint density at radius 2 is 2.33 bits per heavy atom. The van der Waals surface area contributed by atoms with Gasteiger partial charge in [-0.25, -0.2) is 4.79 Å². The van der Waals surface area contributed by atoms with Crippen molar-refractivity contribution in [2.45, 2.75) is 26.8 Å². The minimum atomic E-state index is -0.346. The molecule has 0 bridgehead atoms. The summed E-state index contributed by atoms with van der Waals surface area (Å²) in [5.74, 6) is 0.796. The quantitative estimate of drug-likeness (QED) is 0.754. The molecule has 2 rings (SSSR count). The van der Waals surface area contributed by atoms with E-state index in [-0.39, 0.29) is 5.97 Å². The average Bonchev–Trinajstić information content (AvgIpc) is 2.99. The summed E-state index contributed by atoms with van der Waals surface area (Å²) in [5.41, 5.74) is 0.486. The molecular formula is C12H15N3O3. The minimum absolute atomic E-state index is 0.346. The van der Waals surface area contributed by atoms with Crippen LogP contribution in [-0.4, -0.2) is 27.3 Å². The fourth-order valence-corrected chi connectivity index (χ4v) is 1.59. The molecule has 0 radical (unpaired) electrons. The SMILES string of the molecule is CCOC(=O)c1cccn1Cc1noc(CC)n1. The van der Waals surface area contributed by atoms with Crippen molar-refractivity contribution in [1.29, 1.82) is 0 Å². The zero-order valence-corrected chi connectivity index (χ0v) is 10.4. The first-order chi connectivity index (χ1) is 8.74. The van der Waals surface area contributed by atoms with E-state index in [1.807, 2.05) is 6.92 Å². The van der Waals surface area contributed by atoms with Gasteiger partial charge in [0.05, 0.1) is 13.2 Å². The van der Waals surface area contributed by atoms with Crippen LogP contribution in [0.15, 0.2) is 22.9 Å². The lowest BCUT2D eigenvalue weighted by Gasteiger charge is -2.05. The Bertz CT molecular complexity index is 530. The highest BCUT2D eigenvalue weighted by molar-refractivity contribution is 5.87. The van der Waals surface area contributed by atoms with Crippen LogP contribution < -0.4 is 0 Å². The first kappa shape index (κ1) is 12.3. The van der Waals surface area contributed by atoms with Gasteiger partial charge in [0, 0.05) is 12.6 Å². The lowest BCUT2D eigenvalue weighted by atomic mass is 10.4. The van der Waals surface area contributed by atoms with Crippen LogP contribution in [0.4, 0.5) is 0 Å². The predicted octanol–water partition coefficient (Wildman–Crippen LogP) is 1.66. The van der Waals surface area contributed by atoms with Gasteiger partial charge in [-0.2, -0.15) is 4.98 Å². The fourth-order valence-electron chi connectivity index (χ4n) is 1.59. The highest BCUT2D eigenvalue weighted by Gasteiger charge is 2.13. The zero-order valence-electron chi connectivity index (χ0n) is 10.4. The summed E-state index contributed by atoms with van der Waals surface area (Å²) in [6.45, 7) is 4.46. The molecule has 0 saturated heterocycles. The second-order valence-corrected chi connectivity index (χ2v) is 3.70. The maximum atomic E-state index is 11.7. The van der Waals surface area contributed by atoms with Crippen LogP contribution in [0.3, 0.4) is 0 Å². The maximum absolute atomic E-state index is 11.7. The van der Waals surface area contributed by atoms with E-state index < -0.39 is 0 Å². The number of nitrogens with zero attached hydrogens (tertiary/aromatic N) is 3. The van der Waals surface area contributed by atoms with E-state index in [0.717, 1.165) is 0 Å². The average molecular weight is 249 g/mol. The number of hydrogen-bond acceptors (Lipinski definition) is 5. The first-order valence-corrected chi connectivity index (χ1v) is 5.88. The van der Waals surface area contributed by atoms with Gasteiger partial charge >= 0.3 is 5.97 Å². The Morgan fingerprint density at radius 1 is 1.50 bits per heavy atom. The Balaban J connectivity index is 2.14. The molecule has 0 aliphatic heterocycles. The van der Waals surface area contributed by atoms with Crippen molar-refractivity contribution < 1.29 is 14.1 Å². The Kier molecular flexibility index (Phi) is 3.76. The van der Waals surface area contributed by atoms with Gasteiger partial charge in [0.15, 0.2) is 5.82 Å². The summed E-state index contributed by atoms with van der Waals surface area (Å²) >= 11 is 0. The molecule has 2 aromatic rings. The number of aryl methyl sites for hydroxylation is 1. The van der Waals surface area contributed by atoms with Crippen molar-refractivity contribution in [3.8, 4) is 0 Å². The summed E-state index contributed by atoms with van der Waals surface area (Å²) < 4.78 is 11.7. The van der Waals surface area contributed by atoms with Gasteiger partial charge in [-0.15, -0.1) is 0 Å². The molecule has 0 saturated carbocycles. The number of esters is 1. The van der Waals surface area contributed by atoms with Crippen molar-refractivity contribution in [2.24, 2.45) is 0 Å². The van der Waals surface area contributed by atoms with E-state index in [9.17, 15) is 4.79 Å². The number of aromatic nitrogens is 3. The normalized spacial score (nSPS) is 10.6. The van der Waals surface area contributed by atoms with E-state index in [0.29, 0.717) is 37.0 Å². The molecule has 18 heavy (non-hydrogen) atoms. The smallest absolute Gasteiger partial charge is 0.354 e. The molecule has 0 aromatic carbocycles. The van der Waals surface area contributed by atoms with Crippen molar-refractivity contribution in [3.05, 3.63) is 35.7 Å². The highest BCUT2D eigenvalue weighted by atomic mass is 16.5. The number of ether oxygens (including phenoxy) is 1. The molecule has 0 aliphatic carbocycles. The van der Waals surface area contributed by atoms with Gasteiger partial charge < -0.3 is 13.8 Å². The number of hydrogen-bond donors (Lipinski definition) is 0. The molecule has 0 fully saturated rings. The van der Waals surface area contributed by atoms with Gasteiger partial charge in [0.1, 0.15) is 5.69 Å². The molecule has 0 amide bonds. The molecule has 6 heteroatoms. The fraction of sp³-hybridized carbons (Fsp3) is 0.417. The van der Waals surface area contributed by atoms with E-state index >= 15 is 0 Å². The Morgan fingerprint density at radius 3 is 3.00 bits per heavy atom. The van der Waals surface area contributed by atoms with Gasteiger partial charge in [-0.3, -0.25) is 0 Å². The molecule has 0 unspecified atom stereocenters. The van der Waals surface area contributed by atoms with Crippen LogP contribution in [0.2, 0.25) is 0 Å². The summed E-state index contributed by atoms with van der Waals surface area (Å²) in [4.78, 5) is 15.9. The van der Waals surface area contributed by atoms with Crippen LogP contribution in [0.1, 0.15) is 36.1 Å². The van der Waals surface area contributed by atoms with Crippen molar-refractivity contribution >= 4 is 5.97 Å². The lowest BCUT2D eigenvalue weighted by molar-refractivity contribution is 0.0514. The van der Waals surface area contributed by atoms with Crippen molar-refractivity contribution in [2.75, 3.05) is 6.61 Å². The molecular weight excluding hydrogens is 234 g/mol. The van der Waals surface area contributed by atoms with E-state index in [1.165, 1.54) is 0 Å². The second-order valence-electron chi connectivity index (χ2n) is 3.70. The topological polar surface area (TPSA) is 70.2 Å². The molecule has 0 atom stereocenters. The van der Waals surface area contributed by atoms with E-state index in [1.54, 1.807) is 29.8 Å². The third kappa shape index (κ3) is 2.58. The third-order valence-electron chi connectivity index (χ3n) is 2.44. The molecule has 0 N–H and O–H groups in total. The molecule has 2 heterocycles. The largest absolute Gasteiger partial charge is 0.461 e. The second kappa shape index (κ2) is 5.48. The van der Waals surface area contributed by atoms with E-state index in [2.05, 4.69) is 10.1 Å². The predicted molar refractivity (Wildman–Crippen MR) is 63.2 cm³/mol. The first-order valence-electron chi connectivity index (χ1n) is 5.88. The minimum Gasteiger partial charge on any atom is -0.461 e. The van der Waals surface area contributed by atoms with Crippen LogP contribution in [0.5, 0.6) is 0 Å². The molecule has 0 spiro atoms. The standard InChI is InChI=1S/C12H15N3O3/c1-3-11-13-10(14-18-11)8-15-7-5-6-9(15)12(16)17-4-2/h5-7H,3-4,8H2,1-2H3. The number of carbonyl (C=O) groups is 1. The van der Waals surface area contributed by atoms with Gasteiger partial charge in [-0.1, -0.05) is 12.1 Å². The molecule has 96 valence electrons. The maximum Gasteiger partial charge on any atom is 0.354 e. The molecule has 0 aliphatic rings. The van der Waals surface area contributed by atoms with Crippen molar-refractivity contribution in [3.63, 3.8) is 0 Å². The van der Waals surface area contributed by atoms with Gasteiger partial charge in [0.2, 0.25) is 5.89 Å². The lowest BCUT2D eigenvalue weighted by Crippen LogP contribution is -2.12. The van der Waals surface area contributed by atoms with Gasteiger partial charge in [-0.05, 0) is 19.1 Å². The van der Waals surface area contributed by atoms with Crippen molar-refractivity contribution in [1.82, 2.24) is 14.7 Å². The van der Waals surface area contributed by atoms with Crippen LogP contribution >= 0.6 is 0 Å². The van der Waals surface area contributed by atoms with Crippen LogP contribution in [-0.2, 0) is 17.7 Å². The summed E-state index contributed by atoms with van der Waals surface area (Å²) in [5, 5.41) is 3.85. The van der Waals surface area contributed by atoms with E-state index in [4.69, 9.17) is 9.26 Å². The van der Waals surface area contributed by atoms with Crippen LogP contribution in [0, 0.1) is 0 Å². The molecule has 2 aromatic heterocycles. The van der Waals surface area contributed by atoms with Gasteiger partial charge in [0.25, 0.3) is 0 Å².